The first-order valence-electron chi connectivity index (χ1n) is 5.41. The van der Waals surface area contributed by atoms with Crippen LogP contribution in [0.1, 0.15) is 25.8 Å². The fourth-order valence-corrected chi connectivity index (χ4v) is 2.25. The van der Waals surface area contributed by atoms with E-state index in [1.807, 2.05) is 13.8 Å². The quantitative estimate of drug-likeness (QED) is 0.805. The van der Waals surface area contributed by atoms with Crippen molar-refractivity contribution in [3.8, 4) is 0 Å². The Morgan fingerprint density at radius 3 is 2.31 bits per heavy atom. The van der Waals surface area contributed by atoms with Crippen LogP contribution in [0.3, 0.4) is 0 Å². The lowest BCUT2D eigenvalue weighted by Gasteiger charge is -2.09. The van der Waals surface area contributed by atoms with E-state index < -0.39 is 11.6 Å². The molecule has 1 aromatic rings. The molecule has 0 aliphatic rings. The first kappa shape index (κ1) is 13.5. The molecule has 1 nitrogen and oxygen atoms in total. The number of rotatable bonds is 5. The summed E-state index contributed by atoms with van der Waals surface area (Å²) in [6, 6.07) is 2.67. The lowest BCUT2D eigenvalue weighted by atomic mass is 10.1. The van der Waals surface area contributed by atoms with E-state index in [4.69, 9.17) is 5.73 Å². The van der Waals surface area contributed by atoms with Crippen molar-refractivity contribution in [1.29, 1.82) is 0 Å². The third-order valence-electron chi connectivity index (χ3n) is 2.07. The lowest BCUT2D eigenvalue weighted by Crippen LogP contribution is -2.18. The first-order valence-corrected chi connectivity index (χ1v) is 6.39. The van der Waals surface area contributed by atoms with Crippen molar-refractivity contribution < 1.29 is 8.78 Å². The maximum atomic E-state index is 13.6. The van der Waals surface area contributed by atoms with E-state index in [9.17, 15) is 8.78 Å². The Balaban J connectivity index is 2.89. The number of hydrogen-bond donors (Lipinski definition) is 1. The zero-order valence-corrected chi connectivity index (χ0v) is 10.4. The number of thioether (sulfide) groups is 1. The van der Waals surface area contributed by atoms with E-state index >= 15 is 0 Å². The van der Waals surface area contributed by atoms with Crippen LogP contribution in [-0.4, -0.2) is 11.8 Å². The van der Waals surface area contributed by atoms with Gasteiger partial charge in [-0.3, -0.25) is 0 Å². The predicted molar refractivity (Wildman–Crippen MR) is 64.7 cm³/mol. The molecule has 1 unspecified atom stereocenters. The van der Waals surface area contributed by atoms with Gasteiger partial charge >= 0.3 is 0 Å². The molecular formula is C12H17F2NS. The van der Waals surface area contributed by atoms with E-state index in [0.29, 0.717) is 12.0 Å². The largest absolute Gasteiger partial charge is 0.328 e. The van der Waals surface area contributed by atoms with Gasteiger partial charge in [0.25, 0.3) is 0 Å². The van der Waals surface area contributed by atoms with Crippen LogP contribution in [0.15, 0.2) is 17.0 Å². The molecule has 0 fully saturated rings. The van der Waals surface area contributed by atoms with E-state index in [1.54, 1.807) is 0 Å². The van der Waals surface area contributed by atoms with Crippen molar-refractivity contribution in [3.63, 3.8) is 0 Å². The topological polar surface area (TPSA) is 26.0 Å². The second-order valence-corrected chi connectivity index (χ2v) is 5.02. The van der Waals surface area contributed by atoms with E-state index in [-0.39, 0.29) is 10.9 Å². The van der Waals surface area contributed by atoms with Gasteiger partial charge in [0.2, 0.25) is 0 Å². The maximum absolute atomic E-state index is 13.6. The fourth-order valence-electron chi connectivity index (χ4n) is 1.44. The zero-order valence-electron chi connectivity index (χ0n) is 9.59. The van der Waals surface area contributed by atoms with Gasteiger partial charge in [-0.05, 0) is 43.2 Å². The van der Waals surface area contributed by atoms with Crippen LogP contribution >= 0.6 is 11.8 Å². The number of hydrogen-bond acceptors (Lipinski definition) is 2. The molecule has 0 aliphatic heterocycles. The van der Waals surface area contributed by atoms with E-state index in [0.717, 1.165) is 12.2 Å². The van der Waals surface area contributed by atoms with Crippen molar-refractivity contribution in [3.05, 3.63) is 29.3 Å². The van der Waals surface area contributed by atoms with E-state index in [1.165, 1.54) is 23.9 Å². The van der Waals surface area contributed by atoms with Gasteiger partial charge in [0, 0.05) is 6.04 Å². The highest BCUT2D eigenvalue weighted by Crippen LogP contribution is 2.27. The van der Waals surface area contributed by atoms with Crippen molar-refractivity contribution >= 4 is 11.8 Å². The molecule has 0 radical (unpaired) electrons. The summed E-state index contributed by atoms with van der Waals surface area (Å²) in [5.41, 5.74) is 6.21. The third-order valence-corrected chi connectivity index (χ3v) is 3.36. The van der Waals surface area contributed by atoms with Crippen molar-refractivity contribution in [2.45, 2.75) is 37.6 Å². The van der Waals surface area contributed by atoms with Crippen LogP contribution in [-0.2, 0) is 6.42 Å². The molecule has 0 aliphatic carbocycles. The standard InChI is InChI=1S/C12H17F2NS/c1-3-4-16-12-10(13)6-9(5-8(2)15)7-11(12)14/h6-8H,3-5,15H2,1-2H3. The van der Waals surface area contributed by atoms with Crippen LogP contribution in [0.2, 0.25) is 0 Å². The average Bonchev–Trinajstić information content (AvgIpc) is 2.15. The molecule has 0 amide bonds. The summed E-state index contributed by atoms with van der Waals surface area (Å²) in [7, 11) is 0. The van der Waals surface area contributed by atoms with Gasteiger partial charge in [-0.25, -0.2) is 8.78 Å². The Morgan fingerprint density at radius 1 is 1.31 bits per heavy atom. The Labute approximate surface area is 99.4 Å². The highest BCUT2D eigenvalue weighted by molar-refractivity contribution is 7.99. The summed E-state index contributed by atoms with van der Waals surface area (Å²) < 4.78 is 27.2. The van der Waals surface area contributed by atoms with Crippen LogP contribution < -0.4 is 5.73 Å². The SMILES string of the molecule is CCCSc1c(F)cc(CC(C)N)cc1F. The summed E-state index contributed by atoms with van der Waals surface area (Å²) in [6.45, 7) is 3.79. The molecule has 0 heterocycles. The molecular weight excluding hydrogens is 228 g/mol. The molecule has 1 rings (SSSR count). The monoisotopic (exact) mass is 245 g/mol. The number of halogens is 2. The molecule has 0 spiro atoms. The smallest absolute Gasteiger partial charge is 0.140 e. The minimum Gasteiger partial charge on any atom is -0.328 e. The summed E-state index contributed by atoms with van der Waals surface area (Å²) in [5.74, 6) is -0.233. The Kier molecular flexibility index (Phi) is 5.22. The highest BCUT2D eigenvalue weighted by atomic mass is 32.2. The van der Waals surface area contributed by atoms with Crippen LogP contribution in [0.5, 0.6) is 0 Å². The number of benzene rings is 1. The molecule has 16 heavy (non-hydrogen) atoms. The minimum atomic E-state index is -0.478. The highest BCUT2D eigenvalue weighted by Gasteiger charge is 2.12. The van der Waals surface area contributed by atoms with Gasteiger partial charge < -0.3 is 5.73 Å². The Morgan fingerprint density at radius 2 is 1.88 bits per heavy atom. The Bertz CT molecular complexity index is 330. The minimum absolute atomic E-state index is 0.0899. The molecule has 2 N–H and O–H groups in total. The molecule has 1 atom stereocenters. The summed E-state index contributed by atoms with van der Waals surface area (Å²) in [6.07, 6.45) is 1.39. The van der Waals surface area contributed by atoms with Crippen LogP contribution in [0.25, 0.3) is 0 Å². The van der Waals surface area contributed by atoms with Crippen molar-refractivity contribution in [1.82, 2.24) is 0 Å². The average molecular weight is 245 g/mol. The molecule has 90 valence electrons. The van der Waals surface area contributed by atoms with Crippen molar-refractivity contribution in [2.75, 3.05) is 5.75 Å². The predicted octanol–water partition coefficient (Wildman–Crippen LogP) is 3.36. The molecule has 4 heteroatoms. The first-order chi connectivity index (χ1) is 7.54. The second kappa shape index (κ2) is 6.21. The van der Waals surface area contributed by atoms with Crippen LogP contribution in [0.4, 0.5) is 8.78 Å². The fraction of sp³-hybridized carbons (Fsp3) is 0.500. The zero-order chi connectivity index (χ0) is 12.1. The molecule has 0 saturated carbocycles. The van der Waals surface area contributed by atoms with Gasteiger partial charge in [-0.1, -0.05) is 6.92 Å². The van der Waals surface area contributed by atoms with Crippen LogP contribution in [0, 0.1) is 11.6 Å². The van der Waals surface area contributed by atoms with Gasteiger partial charge in [-0.2, -0.15) is 0 Å². The van der Waals surface area contributed by atoms with Gasteiger partial charge in [0.05, 0.1) is 4.90 Å². The summed E-state index contributed by atoms with van der Waals surface area (Å²) in [4.78, 5) is 0.121. The normalized spacial score (nSPS) is 12.8. The third kappa shape index (κ3) is 3.76. The van der Waals surface area contributed by atoms with Gasteiger partial charge in [0.15, 0.2) is 0 Å². The van der Waals surface area contributed by atoms with Gasteiger partial charge in [0.1, 0.15) is 11.6 Å². The summed E-state index contributed by atoms with van der Waals surface area (Å²) >= 11 is 1.22. The second-order valence-electron chi connectivity index (χ2n) is 3.92. The molecule has 0 bridgehead atoms. The van der Waals surface area contributed by atoms with Crippen molar-refractivity contribution in [2.24, 2.45) is 5.73 Å². The molecule has 0 saturated heterocycles. The summed E-state index contributed by atoms with van der Waals surface area (Å²) in [5, 5.41) is 0. The lowest BCUT2D eigenvalue weighted by molar-refractivity contribution is 0.535. The maximum Gasteiger partial charge on any atom is 0.140 e. The van der Waals surface area contributed by atoms with Gasteiger partial charge in [-0.15, -0.1) is 11.8 Å². The van der Waals surface area contributed by atoms with E-state index in [2.05, 4.69) is 0 Å². The molecule has 0 aromatic heterocycles. The molecule has 1 aromatic carbocycles. The number of nitrogens with two attached hydrogens (primary N) is 1. The Hall–Kier alpha value is -0.610.